The number of carbonyl (C=O) groups excluding carboxylic acids is 1. The first-order chi connectivity index (χ1) is 10.2. The number of amides is 1. The Labute approximate surface area is 141 Å². The van der Waals surface area contributed by atoms with E-state index < -0.39 is 0 Å². The Morgan fingerprint density at radius 1 is 1.23 bits per heavy atom. The highest BCUT2D eigenvalue weighted by molar-refractivity contribution is 5.85. The molecule has 1 aromatic rings. The molecule has 2 unspecified atom stereocenters. The van der Waals surface area contributed by atoms with Crippen LogP contribution in [0, 0.1) is 5.92 Å². The Morgan fingerprint density at radius 3 is 2.36 bits per heavy atom. The molecule has 0 spiro atoms. The van der Waals surface area contributed by atoms with Crippen LogP contribution in [0.2, 0.25) is 0 Å². The van der Waals surface area contributed by atoms with E-state index in [0.29, 0.717) is 0 Å². The van der Waals surface area contributed by atoms with Gasteiger partial charge in [-0.1, -0.05) is 57.5 Å². The second-order valence-corrected chi connectivity index (χ2v) is 5.68. The first-order valence-electron chi connectivity index (χ1n) is 8.15. The summed E-state index contributed by atoms with van der Waals surface area (Å²) in [7, 11) is 1.90. The van der Waals surface area contributed by atoms with Gasteiger partial charge in [-0.05, 0) is 25.5 Å². The van der Waals surface area contributed by atoms with Crippen LogP contribution in [-0.4, -0.2) is 30.9 Å². The molecule has 0 saturated heterocycles. The van der Waals surface area contributed by atoms with Gasteiger partial charge >= 0.3 is 0 Å². The molecular weight excluding hydrogens is 296 g/mol. The number of carbonyl (C=O) groups is 1. The molecule has 0 bridgehead atoms. The molecular formula is C18H31ClN2O. The SMILES string of the molecule is CCCCN(C(=O)C(C)CNC)C(CC)c1ccccc1.Cl. The highest BCUT2D eigenvalue weighted by Crippen LogP contribution is 2.26. The van der Waals surface area contributed by atoms with Crippen LogP contribution < -0.4 is 5.32 Å². The number of unbranched alkanes of at least 4 members (excludes halogenated alkanes) is 1. The molecule has 126 valence electrons. The summed E-state index contributed by atoms with van der Waals surface area (Å²) < 4.78 is 0. The molecule has 0 aromatic heterocycles. The second-order valence-electron chi connectivity index (χ2n) is 5.68. The average molecular weight is 327 g/mol. The Morgan fingerprint density at radius 2 is 1.86 bits per heavy atom. The minimum Gasteiger partial charge on any atom is -0.335 e. The zero-order valence-corrected chi connectivity index (χ0v) is 15.2. The van der Waals surface area contributed by atoms with Gasteiger partial charge in [-0.15, -0.1) is 12.4 Å². The van der Waals surface area contributed by atoms with Crippen molar-refractivity contribution in [2.24, 2.45) is 5.92 Å². The predicted octanol–water partition coefficient (Wildman–Crippen LogP) is 4.04. The van der Waals surface area contributed by atoms with Crippen molar-refractivity contribution in [3.8, 4) is 0 Å². The fourth-order valence-corrected chi connectivity index (χ4v) is 2.74. The number of benzene rings is 1. The summed E-state index contributed by atoms with van der Waals surface area (Å²) in [5, 5.41) is 3.11. The topological polar surface area (TPSA) is 32.3 Å². The van der Waals surface area contributed by atoms with Crippen LogP contribution in [0.3, 0.4) is 0 Å². The zero-order chi connectivity index (χ0) is 15.7. The third kappa shape index (κ3) is 5.98. The monoisotopic (exact) mass is 326 g/mol. The minimum atomic E-state index is 0. The lowest BCUT2D eigenvalue weighted by atomic mass is 10.00. The van der Waals surface area contributed by atoms with E-state index >= 15 is 0 Å². The van der Waals surface area contributed by atoms with E-state index in [0.717, 1.165) is 32.4 Å². The van der Waals surface area contributed by atoms with E-state index in [-0.39, 0.29) is 30.3 Å². The first-order valence-corrected chi connectivity index (χ1v) is 8.15. The summed E-state index contributed by atoms with van der Waals surface area (Å²) in [5.41, 5.74) is 1.24. The Hall–Kier alpha value is -1.06. The molecule has 0 aliphatic carbocycles. The number of nitrogens with one attached hydrogen (secondary N) is 1. The minimum absolute atomic E-state index is 0. The summed E-state index contributed by atoms with van der Waals surface area (Å²) in [6.45, 7) is 7.91. The highest BCUT2D eigenvalue weighted by Gasteiger charge is 2.26. The standard InChI is InChI=1S/C18H30N2O.ClH/c1-5-7-13-20(18(21)15(3)14-19-4)17(6-2)16-11-9-8-10-12-16;/h8-12,15,17,19H,5-7,13-14H2,1-4H3;1H. The van der Waals surface area contributed by atoms with Crippen molar-refractivity contribution in [1.29, 1.82) is 0 Å². The van der Waals surface area contributed by atoms with E-state index in [1.165, 1.54) is 5.56 Å². The van der Waals surface area contributed by atoms with E-state index in [1.807, 2.05) is 20.0 Å². The van der Waals surface area contributed by atoms with E-state index in [9.17, 15) is 4.79 Å². The van der Waals surface area contributed by atoms with E-state index in [1.54, 1.807) is 0 Å². The maximum absolute atomic E-state index is 12.8. The number of rotatable bonds is 9. The third-order valence-electron chi connectivity index (χ3n) is 3.91. The second kappa shape index (κ2) is 11.5. The molecule has 0 heterocycles. The largest absolute Gasteiger partial charge is 0.335 e. The summed E-state index contributed by atoms with van der Waals surface area (Å²) in [6.07, 6.45) is 3.11. The number of halogens is 1. The van der Waals surface area contributed by atoms with E-state index in [4.69, 9.17) is 0 Å². The quantitative estimate of drug-likeness (QED) is 0.742. The van der Waals surface area contributed by atoms with Gasteiger partial charge in [-0.3, -0.25) is 4.79 Å². The van der Waals surface area contributed by atoms with Crippen LogP contribution in [0.15, 0.2) is 30.3 Å². The maximum Gasteiger partial charge on any atom is 0.227 e. The lowest BCUT2D eigenvalue weighted by Gasteiger charge is -2.33. The third-order valence-corrected chi connectivity index (χ3v) is 3.91. The Balaban J connectivity index is 0.00000441. The molecule has 2 atom stereocenters. The Kier molecular flexibility index (Phi) is 10.9. The molecule has 0 radical (unpaired) electrons. The van der Waals surface area contributed by atoms with Crippen molar-refractivity contribution < 1.29 is 4.79 Å². The molecule has 1 rings (SSSR count). The molecule has 0 aliphatic heterocycles. The molecule has 0 saturated carbocycles. The van der Waals surface area contributed by atoms with Crippen LogP contribution in [0.4, 0.5) is 0 Å². The summed E-state index contributed by atoms with van der Waals surface area (Å²) >= 11 is 0. The van der Waals surface area contributed by atoms with Crippen LogP contribution in [0.5, 0.6) is 0 Å². The number of hydrogen-bond donors (Lipinski definition) is 1. The van der Waals surface area contributed by atoms with Gasteiger partial charge < -0.3 is 10.2 Å². The lowest BCUT2D eigenvalue weighted by Crippen LogP contribution is -2.41. The molecule has 22 heavy (non-hydrogen) atoms. The molecule has 1 amide bonds. The predicted molar refractivity (Wildman–Crippen MR) is 96.4 cm³/mol. The molecule has 0 fully saturated rings. The van der Waals surface area contributed by atoms with Gasteiger partial charge in [0.25, 0.3) is 0 Å². The lowest BCUT2D eigenvalue weighted by molar-refractivity contribution is -0.137. The van der Waals surface area contributed by atoms with Gasteiger partial charge in [0, 0.05) is 19.0 Å². The summed E-state index contributed by atoms with van der Waals surface area (Å²) in [4.78, 5) is 14.9. The number of nitrogens with zero attached hydrogens (tertiary/aromatic N) is 1. The van der Waals surface area contributed by atoms with Gasteiger partial charge in [-0.2, -0.15) is 0 Å². The van der Waals surface area contributed by atoms with Crippen LogP contribution >= 0.6 is 12.4 Å². The van der Waals surface area contributed by atoms with Crippen LogP contribution in [-0.2, 0) is 4.79 Å². The molecule has 4 heteroatoms. The number of hydrogen-bond acceptors (Lipinski definition) is 2. The molecule has 1 N–H and O–H groups in total. The molecule has 1 aromatic carbocycles. The van der Waals surface area contributed by atoms with Crippen molar-refractivity contribution in [3.05, 3.63) is 35.9 Å². The van der Waals surface area contributed by atoms with Crippen molar-refractivity contribution >= 4 is 18.3 Å². The van der Waals surface area contributed by atoms with Crippen molar-refractivity contribution in [3.63, 3.8) is 0 Å². The Bertz CT molecular complexity index is 411. The summed E-state index contributed by atoms with van der Waals surface area (Å²) in [6, 6.07) is 10.6. The van der Waals surface area contributed by atoms with Crippen LogP contribution in [0.25, 0.3) is 0 Å². The van der Waals surface area contributed by atoms with Crippen molar-refractivity contribution in [2.75, 3.05) is 20.1 Å². The van der Waals surface area contributed by atoms with E-state index in [2.05, 4.69) is 48.3 Å². The van der Waals surface area contributed by atoms with Gasteiger partial charge in [0.2, 0.25) is 5.91 Å². The van der Waals surface area contributed by atoms with Gasteiger partial charge in [0.05, 0.1) is 6.04 Å². The fraction of sp³-hybridized carbons (Fsp3) is 0.611. The molecule has 3 nitrogen and oxygen atoms in total. The fourth-order valence-electron chi connectivity index (χ4n) is 2.74. The smallest absolute Gasteiger partial charge is 0.227 e. The van der Waals surface area contributed by atoms with Crippen molar-refractivity contribution in [2.45, 2.75) is 46.1 Å². The van der Waals surface area contributed by atoms with Gasteiger partial charge in [0.15, 0.2) is 0 Å². The highest BCUT2D eigenvalue weighted by atomic mass is 35.5. The summed E-state index contributed by atoms with van der Waals surface area (Å²) in [5.74, 6) is 0.276. The van der Waals surface area contributed by atoms with Crippen molar-refractivity contribution in [1.82, 2.24) is 10.2 Å². The molecule has 0 aliphatic rings. The van der Waals surface area contributed by atoms with Crippen LogP contribution in [0.1, 0.15) is 51.6 Å². The maximum atomic E-state index is 12.8. The van der Waals surface area contributed by atoms with Gasteiger partial charge in [-0.25, -0.2) is 0 Å². The van der Waals surface area contributed by atoms with Gasteiger partial charge in [0.1, 0.15) is 0 Å². The zero-order valence-electron chi connectivity index (χ0n) is 14.3. The average Bonchev–Trinajstić information content (AvgIpc) is 2.52. The normalized spacial score (nSPS) is 13.1. The first kappa shape index (κ1) is 20.9.